The van der Waals surface area contributed by atoms with Gasteiger partial charge in [-0.3, -0.25) is 0 Å². The molecular formula is C12H17NO3S. The van der Waals surface area contributed by atoms with Gasteiger partial charge in [0.25, 0.3) is 0 Å². The highest BCUT2D eigenvalue weighted by molar-refractivity contribution is 7.89. The molecule has 2 N–H and O–H groups in total. The summed E-state index contributed by atoms with van der Waals surface area (Å²) in [5.41, 5.74) is 0. The Bertz CT molecular complexity index is 478. The summed E-state index contributed by atoms with van der Waals surface area (Å²) in [4.78, 5) is -0.0365. The predicted octanol–water partition coefficient (Wildman–Crippen LogP) is 2.00. The smallest absolute Gasteiger partial charge is 0.244 e. The number of hydrogen-bond acceptors (Lipinski definition) is 3. The number of hydrogen-bond donors (Lipinski definition) is 2. The molecule has 94 valence electrons. The molecule has 2 rings (SSSR count). The molecule has 0 amide bonds. The van der Waals surface area contributed by atoms with E-state index < -0.39 is 10.0 Å². The fourth-order valence-electron chi connectivity index (χ4n) is 2.19. The largest absolute Gasteiger partial charge is 0.507 e. The second kappa shape index (κ2) is 5.06. The van der Waals surface area contributed by atoms with Gasteiger partial charge >= 0.3 is 0 Å². The Kier molecular flexibility index (Phi) is 3.69. The van der Waals surface area contributed by atoms with Gasteiger partial charge in [-0.25, -0.2) is 13.1 Å². The van der Waals surface area contributed by atoms with Crippen LogP contribution in [-0.2, 0) is 10.0 Å². The Morgan fingerprint density at radius 3 is 2.41 bits per heavy atom. The highest BCUT2D eigenvalue weighted by atomic mass is 32.2. The van der Waals surface area contributed by atoms with Gasteiger partial charge in [0, 0.05) is 6.04 Å². The van der Waals surface area contributed by atoms with E-state index in [9.17, 15) is 13.5 Å². The average Bonchev–Trinajstić information content (AvgIpc) is 2.30. The number of rotatable bonds is 3. The Balaban J connectivity index is 2.16. The van der Waals surface area contributed by atoms with Crippen LogP contribution in [-0.4, -0.2) is 19.6 Å². The molecule has 0 aliphatic heterocycles. The van der Waals surface area contributed by atoms with Gasteiger partial charge in [-0.1, -0.05) is 31.4 Å². The average molecular weight is 255 g/mol. The maximum absolute atomic E-state index is 12.1. The van der Waals surface area contributed by atoms with Crippen LogP contribution in [0.3, 0.4) is 0 Å². The molecule has 0 bridgehead atoms. The summed E-state index contributed by atoms with van der Waals surface area (Å²) in [7, 11) is -3.59. The molecular weight excluding hydrogens is 238 g/mol. The Morgan fingerprint density at radius 1 is 1.12 bits per heavy atom. The van der Waals surface area contributed by atoms with Crippen molar-refractivity contribution in [1.29, 1.82) is 0 Å². The molecule has 4 nitrogen and oxygen atoms in total. The predicted molar refractivity (Wildman–Crippen MR) is 65.3 cm³/mol. The third-order valence-corrected chi connectivity index (χ3v) is 4.65. The summed E-state index contributed by atoms with van der Waals surface area (Å²) in [6, 6.07) is 6.02. The van der Waals surface area contributed by atoms with E-state index in [-0.39, 0.29) is 16.7 Å². The van der Waals surface area contributed by atoms with Gasteiger partial charge in [0.05, 0.1) is 0 Å². The van der Waals surface area contributed by atoms with E-state index in [1.54, 1.807) is 12.1 Å². The molecule has 1 aliphatic rings. The van der Waals surface area contributed by atoms with Crippen molar-refractivity contribution in [2.24, 2.45) is 0 Å². The molecule has 1 aromatic rings. The van der Waals surface area contributed by atoms with Gasteiger partial charge in [0.15, 0.2) is 0 Å². The minimum absolute atomic E-state index is 0.00774. The van der Waals surface area contributed by atoms with Crippen molar-refractivity contribution in [3.05, 3.63) is 24.3 Å². The van der Waals surface area contributed by atoms with Gasteiger partial charge in [0.2, 0.25) is 10.0 Å². The summed E-state index contributed by atoms with van der Waals surface area (Å²) in [6.45, 7) is 0. The van der Waals surface area contributed by atoms with Gasteiger partial charge < -0.3 is 5.11 Å². The molecule has 0 saturated heterocycles. The van der Waals surface area contributed by atoms with E-state index in [4.69, 9.17) is 0 Å². The van der Waals surface area contributed by atoms with Gasteiger partial charge in [-0.2, -0.15) is 0 Å². The highest BCUT2D eigenvalue weighted by Gasteiger charge is 2.23. The van der Waals surface area contributed by atoms with Crippen LogP contribution < -0.4 is 4.72 Å². The van der Waals surface area contributed by atoms with Crippen LogP contribution in [0.1, 0.15) is 32.1 Å². The summed E-state index contributed by atoms with van der Waals surface area (Å²) in [5.74, 6) is -0.198. The van der Waals surface area contributed by atoms with Crippen molar-refractivity contribution in [2.75, 3.05) is 0 Å². The first-order valence-corrected chi connectivity index (χ1v) is 7.38. The minimum Gasteiger partial charge on any atom is -0.507 e. The van der Waals surface area contributed by atoms with E-state index >= 15 is 0 Å². The monoisotopic (exact) mass is 255 g/mol. The zero-order chi connectivity index (χ0) is 12.3. The molecule has 1 fully saturated rings. The normalized spacial score (nSPS) is 18.1. The number of nitrogens with one attached hydrogen (secondary N) is 1. The van der Waals surface area contributed by atoms with Crippen LogP contribution >= 0.6 is 0 Å². The number of sulfonamides is 1. The van der Waals surface area contributed by atoms with Crippen molar-refractivity contribution >= 4 is 10.0 Å². The van der Waals surface area contributed by atoms with E-state index in [0.29, 0.717) is 0 Å². The lowest BCUT2D eigenvalue weighted by Crippen LogP contribution is -2.36. The van der Waals surface area contributed by atoms with E-state index in [1.807, 2.05) is 0 Å². The molecule has 0 radical (unpaired) electrons. The fraction of sp³-hybridized carbons (Fsp3) is 0.500. The van der Waals surface area contributed by atoms with E-state index in [2.05, 4.69) is 4.72 Å². The molecule has 0 heterocycles. The first-order valence-electron chi connectivity index (χ1n) is 5.90. The molecule has 17 heavy (non-hydrogen) atoms. The van der Waals surface area contributed by atoms with Crippen LogP contribution in [0.15, 0.2) is 29.2 Å². The van der Waals surface area contributed by atoms with Crippen molar-refractivity contribution in [2.45, 2.75) is 43.0 Å². The van der Waals surface area contributed by atoms with Crippen LogP contribution in [0, 0.1) is 0 Å². The number of para-hydroxylation sites is 1. The summed E-state index contributed by atoms with van der Waals surface area (Å²) in [5, 5.41) is 9.56. The number of benzene rings is 1. The Labute approximate surface area is 102 Å². The molecule has 0 atom stereocenters. The lowest BCUT2D eigenvalue weighted by molar-refractivity contribution is 0.410. The zero-order valence-electron chi connectivity index (χ0n) is 9.59. The molecule has 0 spiro atoms. The summed E-state index contributed by atoms with van der Waals surface area (Å²) >= 11 is 0. The van der Waals surface area contributed by atoms with Crippen LogP contribution in [0.5, 0.6) is 5.75 Å². The number of phenolic OH excluding ortho intramolecular Hbond substituents is 1. The first kappa shape index (κ1) is 12.4. The zero-order valence-corrected chi connectivity index (χ0v) is 10.4. The topological polar surface area (TPSA) is 66.4 Å². The molecule has 0 aromatic heterocycles. The van der Waals surface area contributed by atoms with E-state index in [0.717, 1.165) is 25.7 Å². The summed E-state index contributed by atoms with van der Waals surface area (Å²) in [6.07, 6.45) is 5.07. The van der Waals surface area contributed by atoms with Crippen molar-refractivity contribution in [1.82, 2.24) is 4.72 Å². The Hall–Kier alpha value is -1.07. The van der Waals surface area contributed by atoms with Crippen LogP contribution in [0.4, 0.5) is 0 Å². The SMILES string of the molecule is O=S(=O)(NC1CCCCC1)c1ccccc1O. The lowest BCUT2D eigenvalue weighted by Gasteiger charge is -2.22. The number of aromatic hydroxyl groups is 1. The van der Waals surface area contributed by atoms with Gasteiger partial charge in [-0.15, -0.1) is 0 Å². The van der Waals surface area contributed by atoms with Crippen molar-refractivity contribution in [3.8, 4) is 5.75 Å². The molecule has 0 unspecified atom stereocenters. The second-order valence-electron chi connectivity index (χ2n) is 4.42. The number of phenols is 1. The minimum atomic E-state index is -3.59. The van der Waals surface area contributed by atoms with Crippen LogP contribution in [0.25, 0.3) is 0 Å². The molecule has 1 aliphatic carbocycles. The highest BCUT2D eigenvalue weighted by Crippen LogP contribution is 2.24. The van der Waals surface area contributed by atoms with Gasteiger partial charge in [0.1, 0.15) is 10.6 Å². The third-order valence-electron chi connectivity index (χ3n) is 3.08. The quantitative estimate of drug-likeness (QED) is 0.868. The van der Waals surface area contributed by atoms with Gasteiger partial charge in [-0.05, 0) is 25.0 Å². The molecule has 1 saturated carbocycles. The lowest BCUT2D eigenvalue weighted by atomic mass is 9.96. The third kappa shape index (κ3) is 2.98. The first-order chi connectivity index (χ1) is 8.09. The standard InChI is InChI=1S/C12H17NO3S/c14-11-8-4-5-9-12(11)17(15,16)13-10-6-2-1-3-7-10/h4-5,8-10,13-14H,1-3,6-7H2. The van der Waals surface area contributed by atoms with E-state index in [1.165, 1.54) is 18.6 Å². The molecule has 1 aromatic carbocycles. The van der Waals surface area contributed by atoms with Crippen LogP contribution in [0.2, 0.25) is 0 Å². The summed E-state index contributed by atoms with van der Waals surface area (Å²) < 4.78 is 26.8. The maximum atomic E-state index is 12.1. The van der Waals surface area contributed by atoms with Crippen molar-refractivity contribution in [3.63, 3.8) is 0 Å². The second-order valence-corrected chi connectivity index (χ2v) is 6.11. The Morgan fingerprint density at radius 2 is 1.76 bits per heavy atom. The molecule has 5 heteroatoms. The fourth-order valence-corrected chi connectivity index (χ4v) is 3.59. The maximum Gasteiger partial charge on any atom is 0.244 e. The van der Waals surface area contributed by atoms with Crippen molar-refractivity contribution < 1.29 is 13.5 Å².